The molecule has 3 heterocycles. The molecular formula is C26H23N3O4S2. The lowest BCUT2D eigenvalue weighted by molar-refractivity contribution is -0.122. The van der Waals surface area contributed by atoms with Crippen LogP contribution in [-0.2, 0) is 9.53 Å². The van der Waals surface area contributed by atoms with Gasteiger partial charge in [0.1, 0.15) is 10.0 Å². The van der Waals surface area contributed by atoms with Gasteiger partial charge in [0.25, 0.3) is 5.91 Å². The van der Waals surface area contributed by atoms with Crippen LogP contribution in [0.25, 0.3) is 34.2 Å². The van der Waals surface area contributed by atoms with Crippen molar-refractivity contribution >= 4 is 51.3 Å². The Morgan fingerprint density at radius 2 is 1.97 bits per heavy atom. The van der Waals surface area contributed by atoms with E-state index in [4.69, 9.17) is 31.2 Å². The summed E-state index contributed by atoms with van der Waals surface area (Å²) in [7, 11) is 3.25. The van der Waals surface area contributed by atoms with Gasteiger partial charge < -0.3 is 13.9 Å². The predicted molar refractivity (Wildman–Crippen MR) is 142 cm³/mol. The Hall–Kier alpha value is -3.40. The highest BCUT2D eigenvalue weighted by Gasteiger charge is 2.32. The van der Waals surface area contributed by atoms with Crippen LogP contribution in [0, 0.1) is 0 Å². The van der Waals surface area contributed by atoms with E-state index in [1.807, 2.05) is 66.9 Å². The summed E-state index contributed by atoms with van der Waals surface area (Å²) in [6, 6.07) is 17.5. The number of amides is 1. The molecule has 1 amide bonds. The highest BCUT2D eigenvalue weighted by Crippen LogP contribution is 2.37. The zero-order valence-electron chi connectivity index (χ0n) is 19.3. The molecular weight excluding hydrogens is 482 g/mol. The van der Waals surface area contributed by atoms with Gasteiger partial charge in [-0.3, -0.25) is 9.69 Å². The van der Waals surface area contributed by atoms with Crippen LogP contribution in [0.3, 0.4) is 0 Å². The van der Waals surface area contributed by atoms with E-state index in [0.29, 0.717) is 51.6 Å². The minimum atomic E-state index is -0.110. The van der Waals surface area contributed by atoms with E-state index in [1.54, 1.807) is 23.8 Å². The largest absolute Gasteiger partial charge is 0.493 e. The van der Waals surface area contributed by atoms with Crippen molar-refractivity contribution in [3.05, 3.63) is 71.3 Å². The molecule has 178 valence electrons. The lowest BCUT2D eigenvalue weighted by Gasteiger charge is -2.13. The highest BCUT2D eigenvalue weighted by molar-refractivity contribution is 8.26. The van der Waals surface area contributed by atoms with Gasteiger partial charge >= 0.3 is 0 Å². The first-order chi connectivity index (χ1) is 17.1. The molecule has 0 radical (unpaired) electrons. The van der Waals surface area contributed by atoms with Crippen LogP contribution in [0.15, 0.2) is 70.1 Å². The standard InChI is InChI=1S/C26H23N3O4S2/c1-31-13-7-12-28-25(30)22(35-26(28)34)15-18-16-29(19-9-4-3-5-10-19)27-23(18)21-14-17-8-6-11-20(32-2)24(17)33-21/h3-6,8-11,14-16H,7,12-13H2,1-2H3. The Labute approximate surface area is 212 Å². The number of methoxy groups -OCH3 is 2. The molecule has 4 aromatic rings. The summed E-state index contributed by atoms with van der Waals surface area (Å²) >= 11 is 6.77. The molecule has 1 saturated heterocycles. The molecule has 0 N–H and O–H groups in total. The molecule has 0 unspecified atom stereocenters. The third-order valence-corrected chi connectivity index (χ3v) is 6.99. The van der Waals surface area contributed by atoms with Crippen LogP contribution in [0.4, 0.5) is 0 Å². The van der Waals surface area contributed by atoms with E-state index in [1.165, 1.54) is 11.8 Å². The number of benzene rings is 2. The van der Waals surface area contributed by atoms with Gasteiger partial charge in [0.15, 0.2) is 17.1 Å². The molecule has 1 aliphatic heterocycles. The normalized spacial score (nSPS) is 15.0. The molecule has 7 nitrogen and oxygen atoms in total. The smallest absolute Gasteiger partial charge is 0.266 e. The number of thioether (sulfide) groups is 1. The van der Waals surface area contributed by atoms with Crippen molar-refractivity contribution in [1.82, 2.24) is 14.7 Å². The van der Waals surface area contributed by atoms with Crippen LogP contribution in [0.2, 0.25) is 0 Å². The first-order valence-corrected chi connectivity index (χ1v) is 12.3. The molecule has 9 heteroatoms. The number of furan rings is 1. The number of carbonyl (C=O) groups is 1. The zero-order chi connectivity index (χ0) is 24.4. The van der Waals surface area contributed by atoms with Crippen LogP contribution in [0.1, 0.15) is 12.0 Å². The van der Waals surface area contributed by atoms with E-state index in [-0.39, 0.29) is 5.91 Å². The second-order valence-corrected chi connectivity index (χ2v) is 9.56. The van der Waals surface area contributed by atoms with Gasteiger partial charge in [-0.15, -0.1) is 0 Å². The number of hydrogen-bond donors (Lipinski definition) is 0. The number of aromatic nitrogens is 2. The second-order valence-electron chi connectivity index (χ2n) is 7.88. The highest BCUT2D eigenvalue weighted by atomic mass is 32.2. The molecule has 0 aliphatic carbocycles. The fourth-order valence-corrected chi connectivity index (χ4v) is 5.21. The Balaban J connectivity index is 1.58. The Bertz CT molecular complexity index is 1430. The van der Waals surface area contributed by atoms with Crippen LogP contribution in [0.5, 0.6) is 5.75 Å². The Morgan fingerprint density at radius 1 is 1.14 bits per heavy atom. The van der Waals surface area contributed by atoms with Crippen molar-refractivity contribution in [3.63, 3.8) is 0 Å². The monoisotopic (exact) mass is 505 g/mol. The van der Waals surface area contributed by atoms with Gasteiger partial charge in [-0.05, 0) is 36.8 Å². The number of hydrogen-bond acceptors (Lipinski definition) is 7. The number of fused-ring (bicyclic) bond motifs is 1. The average molecular weight is 506 g/mol. The summed E-state index contributed by atoms with van der Waals surface area (Å²) < 4.78 is 19.1. The van der Waals surface area contributed by atoms with Crippen LogP contribution < -0.4 is 4.74 Å². The Kier molecular flexibility index (Phi) is 6.72. The molecule has 1 fully saturated rings. The Morgan fingerprint density at radius 3 is 2.74 bits per heavy atom. The van der Waals surface area contributed by atoms with Crippen molar-refractivity contribution in [2.45, 2.75) is 6.42 Å². The minimum Gasteiger partial charge on any atom is -0.493 e. The molecule has 35 heavy (non-hydrogen) atoms. The van der Waals surface area contributed by atoms with Crippen molar-refractivity contribution in [2.75, 3.05) is 27.4 Å². The molecule has 0 atom stereocenters. The number of thiocarbonyl (C=S) groups is 1. The van der Waals surface area contributed by atoms with Gasteiger partial charge in [0, 0.05) is 37.4 Å². The van der Waals surface area contributed by atoms with Crippen molar-refractivity contribution in [3.8, 4) is 22.9 Å². The summed E-state index contributed by atoms with van der Waals surface area (Å²) in [5.41, 5.74) is 2.92. The van der Waals surface area contributed by atoms with Crippen LogP contribution in [-0.4, -0.2) is 52.3 Å². The van der Waals surface area contributed by atoms with Crippen molar-refractivity contribution < 1.29 is 18.7 Å². The second kappa shape index (κ2) is 10.1. The van der Waals surface area contributed by atoms with Crippen molar-refractivity contribution in [2.24, 2.45) is 0 Å². The molecule has 1 aliphatic rings. The minimum absolute atomic E-state index is 0.110. The van der Waals surface area contributed by atoms with E-state index in [9.17, 15) is 4.79 Å². The van der Waals surface area contributed by atoms with Gasteiger partial charge in [0.05, 0.1) is 17.7 Å². The van der Waals surface area contributed by atoms with E-state index >= 15 is 0 Å². The van der Waals surface area contributed by atoms with Crippen LogP contribution >= 0.6 is 24.0 Å². The number of para-hydroxylation sites is 2. The quantitative estimate of drug-likeness (QED) is 0.177. The van der Waals surface area contributed by atoms with Gasteiger partial charge in [-0.1, -0.05) is 54.3 Å². The molecule has 0 saturated carbocycles. The molecule has 0 bridgehead atoms. The first-order valence-electron chi connectivity index (χ1n) is 11.1. The summed E-state index contributed by atoms with van der Waals surface area (Å²) in [5.74, 6) is 1.12. The van der Waals surface area contributed by atoms with E-state index in [2.05, 4.69) is 0 Å². The van der Waals surface area contributed by atoms with Crippen molar-refractivity contribution in [1.29, 1.82) is 0 Å². The number of nitrogens with zero attached hydrogens (tertiary/aromatic N) is 3. The van der Waals surface area contributed by atoms with E-state index < -0.39 is 0 Å². The third kappa shape index (κ3) is 4.62. The fraction of sp³-hybridized carbons (Fsp3) is 0.192. The average Bonchev–Trinajstić information content (AvgIpc) is 3.56. The lowest BCUT2D eigenvalue weighted by Crippen LogP contribution is -2.29. The first kappa shape index (κ1) is 23.3. The number of carbonyl (C=O) groups excluding carboxylic acids is 1. The maximum Gasteiger partial charge on any atom is 0.266 e. The molecule has 2 aromatic heterocycles. The van der Waals surface area contributed by atoms with Gasteiger partial charge in [-0.2, -0.15) is 5.10 Å². The predicted octanol–water partition coefficient (Wildman–Crippen LogP) is 5.53. The molecule has 0 spiro atoms. The molecule has 5 rings (SSSR count). The van der Waals surface area contributed by atoms with Gasteiger partial charge in [-0.25, -0.2) is 4.68 Å². The van der Waals surface area contributed by atoms with Gasteiger partial charge in [0.2, 0.25) is 0 Å². The van der Waals surface area contributed by atoms with E-state index in [0.717, 1.165) is 16.6 Å². The summed E-state index contributed by atoms with van der Waals surface area (Å²) in [5, 5.41) is 5.73. The fourth-order valence-electron chi connectivity index (χ4n) is 3.91. The maximum absolute atomic E-state index is 13.1. The number of rotatable bonds is 8. The summed E-state index contributed by atoms with van der Waals surface area (Å²) in [4.78, 5) is 15.3. The zero-order valence-corrected chi connectivity index (χ0v) is 20.9. The third-order valence-electron chi connectivity index (χ3n) is 5.61. The topological polar surface area (TPSA) is 69.7 Å². The maximum atomic E-state index is 13.1. The summed E-state index contributed by atoms with van der Waals surface area (Å²) in [6.07, 6.45) is 4.45. The molecule has 2 aromatic carbocycles. The number of ether oxygens (including phenoxy) is 2. The lowest BCUT2D eigenvalue weighted by atomic mass is 10.1. The summed E-state index contributed by atoms with van der Waals surface area (Å²) in [6.45, 7) is 1.09. The SMILES string of the molecule is COCCCN1C(=O)C(=Cc2cn(-c3ccccc3)nc2-c2cc3cccc(OC)c3o2)SC1=S.